The van der Waals surface area contributed by atoms with Crippen LogP contribution in [-0.2, 0) is 4.79 Å². The number of rotatable bonds is 1. The van der Waals surface area contributed by atoms with Gasteiger partial charge in [-0.05, 0) is 6.08 Å². The maximum Gasteiger partial charge on any atom is 0.161 e. The Labute approximate surface area is 60.7 Å². The first-order valence-electron chi connectivity index (χ1n) is 2.79. The second-order valence-corrected chi connectivity index (χ2v) is 3.16. The lowest BCUT2D eigenvalue weighted by Gasteiger charge is -2.12. The summed E-state index contributed by atoms with van der Waals surface area (Å²) in [5, 5.41) is 0. The molecule has 0 saturated heterocycles. The molecule has 2 heteroatoms. The molecule has 0 rings (SSSR count). The van der Waals surface area contributed by atoms with Gasteiger partial charge in [-0.3, -0.25) is 4.79 Å². The van der Waals surface area contributed by atoms with Crippen molar-refractivity contribution in [3.8, 4) is 0 Å². The fourth-order valence-electron chi connectivity index (χ4n) is 0.307. The Bertz CT molecular complexity index is 130. The summed E-state index contributed by atoms with van der Waals surface area (Å²) < 4.78 is 0. The van der Waals surface area contributed by atoms with E-state index in [2.05, 4.69) is 0 Å². The second-order valence-electron chi connectivity index (χ2n) is 2.91. The van der Waals surface area contributed by atoms with Crippen LogP contribution in [0.3, 0.4) is 0 Å². The Kier molecular flexibility index (Phi) is 2.92. The molecule has 0 aliphatic rings. The summed E-state index contributed by atoms with van der Waals surface area (Å²) in [6.45, 7) is 5.56. The van der Waals surface area contributed by atoms with Gasteiger partial charge in [0.25, 0.3) is 0 Å². The first-order valence-corrected chi connectivity index (χ1v) is 3.23. The molecule has 0 radical (unpaired) electrons. The third kappa shape index (κ3) is 3.31. The van der Waals surface area contributed by atoms with Crippen molar-refractivity contribution in [3.63, 3.8) is 0 Å². The molecule has 0 aromatic heterocycles. The molecule has 0 atom stereocenters. The van der Waals surface area contributed by atoms with Crippen LogP contribution >= 0.6 is 11.6 Å². The lowest BCUT2D eigenvalue weighted by atomic mass is 9.91. The van der Waals surface area contributed by atoms with Crippen LogP contribution < -0.4 is 0 Å². The van der Waals surface area contributed by atoms with Gasteiger partial charge < -0.3 is 0 Å². The van der Waals surface area contributed by atoms with Crippen LogP contribution in [0.5, 0.6) is 0 Å². The van der Waals surface area contributed by atoms with Crippen molar-refractivity contribution in [2.75, 3.05) is 0 Å². The molecule has 0 aliphatic heterocycles. The number of halogens is 1. The van der Waals surface area contributed by atoms with E-state index < -0.39 is 0 Å². The number of allylic oxidation sites excluding steroid dienone is 1. The van der Waals surface area contributed by atoms with Crippen molar-refractivity contribution in [1.82, 2.24) is 0 Å². The summed E-state index contributed by atoms with van der Waals surface area (Å²) in [6.07, 6.45) is 1.38. The van der Waals surface area contributed by atoms with Gasteiger partial charge >= 0.3 is 0 Å². The Hall–Kier alpha value is -0.300. The molecule has 52 valence electrons. The zero-order valence-corrected chi connectivity index (χ0v) is 6.70. The third-order valence-corrected chi connectivity index (χ3v) is 1.08. The van der Waals surface area contributed by atoms with Crippen LogP contribution in [0.1, 0.15) is 20.8 Å². The molecule has 0 unspecified atom stereocenters. The van der Waals surface area contributed by atoms with Crippen LogP contribution in [0.25, 0.3) is 0 Å². The quantitative estimate of drug-likeness (QED) is 0.519. The van der Waals surface area contributed by atoms with E-state index in [-0.39, 0.29) is 11.2 Å². The molecule has 0 fully saturated rings. The molecule has 0 aliphatic carbocycles. The van der Waals surface area contributed by atoms with Gasteiger partial charge in [-0.1, -0.05) is 32.4 Å². The van der Waals surface area contributed by atoms with Crippen LogP contribution in [0.4, 0.5) is 0 Å². The largest absolute Gasteiger partial charge is 0.294 e. The van der Waals surface area contributed by atoms with Crippen molar-refractivity contribution in [3.05, 3.63) is 11.6 Å². The summed E-state index contributed by atoms with van der Waals surface area (Å²) in [6, 6.07) is 0. The third-order valence-electron chi connectivity index (χ3n) is 0.954. The maximum absolute atomic E-state index is 10.9. The predicted molar refractivity (Wildman–Crippen MR) is 39.5 cm³/mol. The van der Waals surface area contributed by atoms with E-state index in [0.29, 0.717) is 0 Å². The SMILES string of the molecule is CC(C)(C)C(=O)C=CCl. The van der Waals surface area contributed by atoms with E-state index >= 15 is 0 Å². The molecule has 0 heterocycles. The minimum atomic E-state index is -0.300. The van der Waals surface area contributed by atoms with Gasteiger partial charge in [0.2, 0.25) is 0 Å². The highest BCUT2D eigenvalue weighted by Gasteiger charge is 2.17. The lowest BCUT2D eigenvalue weighted by molar-refractivity contribution is -0.121. The molecular weight excluding hydrogens is 136 g/mol. The van der Waals surface area contributed by atoms with Gasteiger partial charge in [0.1, 0.15) is 0 Å². The molecule has 9 heavy (non-hydrogen) atoms. The normalized spacial score (nSPS) is 12.4. The van der Waals surface area contributed by atoms with Crippen LogP contribution in [0, 0.1) is 5.41 Å². The Morgan fingerprint density at radius 3 is 2.00 bits per heavy atom. The molecule has 1 nitrogen and oxygen atoms in total. The monoisotopic (exact) mass is 146 g/mol. The van der Waals surface area contributed by atoms with Crippen LogP contribution in [-0.4, -0.2) is 5.78 Å². The van der Waals surface area contributed by atoms with Gasteiger partial charge in [-0.2, -0.15) is 0 Å². The maximum atomic E-state index is 10.9. The molecule has 0 spiro atoms. The summed E-state index contributed by atoms with van der Waals surface area (Å²) in [4.78, 5) is 10.9. The summed E-state index contributed by atoms with van der Waals surface area (Å²) in [5.41, 5.74) is 0.943. The summed E-state index contributed by atoms with van der Waals surface area (Å²) in [5.74, 6) is 0.0532. The number of carbonyl (C=O) groups excluding carboxylic acids is 1. The highest BCUT2D eigenvalue weighted by molar-refractivity contribution is 6.27. The van der Waals surface area contributed by atoms with Crippen LogP contribution in [0.2, 0.25) is 0 Å². The molecule has 0 bridgehead atoms. The lowest BCUT2D eigenvalue weighted by Crippen LogP contribution is -2.16. The van der Waals surface area contributed by atoms with Crippen molar-refractivity contribution < 1.29 is 4.79 Å². The summed E-state index contributed by atoms with van der Waals surface area (Å²) >= 11 is 5.20. The van der Waals surface area contributed by atoms with Gasteiger partial charge in [-0.15, -0.1) is 0 Å². The average Bonchev–Trinajstić information content (AvgIpc) is 1.64. The smallest absolute Gasteiger partial charge is 0.161 e. The van der Waals surface area contributed by atoms with E-state index in [1.807, 2.05) is 20.8 Å². The Morgan fingerprint density at radius 1 is 1.44 bits per heavy atom. The standard InChI is InChI=1S/C7H11ClO/c1-7(2,3)6(9)4-5-8/h4-5H,1-3H3. The van der Waals surface area contributed by atoms with Crippen molar-refractivity contribution in [1.29, 1.82) is 0 Å². The average molecular weight is 147 g/mol. The topological polar surface area (TPSA) is 17.1 Å². The van der Waals surface area contributed by atoms with E-state index in [1.54, 1.807) is 0 Å². The van der Waals surface area contributed by atoms with Crippen molar-refractivity contribution >= 4 is 17.4 Å². The van der Waals surface area contributed by atoms with E-state index in [0.717, 1.165) is 0 Å². The molecular formula is C7H11ClO. The zero-order valence-electron chi connectivity index (χ0n) is 5.94. The number of hydrogen-bond acceptors (Lipinski definition) is 1. The van der Waals surface area contributed by atoms with Gasteiger partial charge in [0, 0.05) is 11.0 Å². The van der Waals surface area contributed by atoms with E-state index in [4.69, 9.17) is 11.6 Å². The summed E-state index contributed by atoms with van der Waals surface area (Å²) in [7, 11) is 0. The van der Waals surface area contributed by atoms with Crippen molar-refractivity contribution in [2.24, 2.45) is 5.41 Å². The first-order chi connectivity index (χ1) is 3.98. The number of ketones is 1. The molecule has 0 aromatic rings. The van der Waals surface area contributed by atoms with Gasteiger partial charge in [0.05, 0.1) is 0 Å². The van der Waals surface area contributed by atoms with E-state index in [9.17, 15) is 4.79 Å². The molecule has 0 amide bonds. The fourth-order valence-corrected chi connectivity index (χ4v) is 0.422. The number of hydrogen-bond donors (Lipinski definition) is 0. The molecule has 0 aromatic carbocycles. The molecule has 0 N–H and O–H groups in total. The van der Waals surface area contributed by atoms with Crippen LogP contribution in [0.15, 0.2) is 11.6 Å². The minimum Gasteiger partial charge on any atom is -0.294 e. The minimum absolute atomic E-state index is 0.0532. The van der Waals surface area contributed by atoms with Crippen molar-refractivity contribution in [2.45, 2.75) is 20.8 Å². The van der Waals surface area contributed by atoms with Gasteiger partial charge in [0.15, 0.2) is 5.78 Å². The zero-order chi connectivity index (χ0) is 7.49. The highest BCUT2D eigenvalue weighted by atomic mass is 35.5. The Morgan fingerprint density at radius 2 is 1.89 bits per heavy atom. The van der Waals surface area contributed by atoms with E-state index in [1.165, 1.54) is 11.6 Å². The van der Waals surface area contributed by atoms with Gasteiger partial charge in [-0.25, -0.2) is 0 Å². The second kappa shape index (κ2) is 3.02. The first kappa shape index (κ1) is 8.70. The predicted octanol–water partition coefficient (Wildman–Crippen LogP) is 2.35. The Balaban J connectivity index is 4.06. The highest BCUT2D eigenvalue weighted by Crippen LogP contribution is 2.14. The fraction of sp³-hybridized carbons (Fsp3) is 0.571. The molecule has 0 saturated carbocycles. The number of carbonyl (C=O) groups is 1.